The van der Waals surface area contributed by atoms with E-state index in [-0.39, 0.29) is 11.2 Å². The molecule has 0 bridgehead atoms. The van der Waals surface area contributed by atoms with Gasteiger partial charge in [-0.3, -0.25) is 4.79 Å². The van der Waals surface area contributed by atoms with Crippen molar-refractivity contribution in [3.05, 3.63) is 24.3 Å². The first-order chi connectivity index (χ1) is 5.99. The molecule has 0 aliphatic heterocycles. The second-order valence-electron chi connectivity index (χ2n) is 4.39. The fraction of sp³-hybridized carbons (Fsp3) is 0.583. The number of carbonyl (C=O) groups is 1. The summed E-state index contributed by atoms with van der Waals surface area (Å²) in [4.78, 5) is 11.4. The molecule has 0 heterocycles. The van der Waals surface area contributed by atoms with Gasteiger partial charge in [-0.2, -0.15) is 0 Å². The first-order valence-corrected chi connectivity index (χ1v) is 4.91. The lowest BCUT2D eigenvalue weighted by atomic mass is 9.68. The minimum absolute atomic E-state index is 0.0982. The standard InChI is InChI=1S/C12H18O/c1-5-6-10-9(2)11(13)7-8-12(10,3)4/h7-8,10H,2,5-6H2,1,3-4H3. The molecule has 0 aromatic carbocycles. The summed E-state index contributed by atoms with van der Waals surface area (Å²) in [5.41, 5.74) is 0.885. The molecule has 0 spiro atoms. The number of ketones is 1. The molecule has 13 heavy (non-hydrogen) atoms. The first-order valence-electron chi connectivity index (χ1n) is 4.91. The first kappa shape index (κ1) is 10.2. The van der Waals surface area contributed by atoms with E-state index in [2.05, 4.69) is 27.4 Å². The summed E-state index contributed by atoms with van der Waals surface area (Å²) in [6.07, 6.45) is 5.84. The third kappa shape index (κ3) is 1.90. The highest BCUT2D eigenvalue weighted by atomic mass is 16.1. The fourth-order valence-corrected chi connectivity index (χ4v) is 1.97. The van der Waals surface area contributed by atoms with Crippen LogP contribution in [0.25, 0.3) is 0 Å². The van der Waals surface area contributed by atoms with E-state index in [0.29, 0.717) is 5.92 Å². The molecular formula is C12H18O. The Morgan fingerprint density at radius 1 is 1.54 bits per heavy atom. The maximum absolute atomic E-state index is 11.4. The van der Waals surface area contributed by atoms with Crippen LogP contribution in [0.15, 0.2) is 24.3 Å². The van der Waals surface area contributed by atoms with Gasteiger partial charge in [0.1, 0.15) is 0 Å². The van der Waals surface area contributed by atoms with Crippen LogP contribution in [0.1, 0.15) is 33.6 Å². The second-order valence-corrected chi connectivity index (χ2v) is 4.39. The van der Waals surface area contributed by atoms with E-state index >= 15 is 0 Å². The molecule has 0 radical (unpaired) electrons. The van der Waals surface area contributed by atoms with Crippen LogP contribution < -0.4 is 0 Å². The molecular weight excluding hydrogens is 160 g/mol. The molecule has 1 rings (SSSR count). The summed E-state index contributed by atoms with van der Waals surface area (Å²) >= 11 is 0. The number of allylic oxidation sites excluding steroid dienone is 3. The van der Waals surface area contributed by atoms with Gasteiger partial charge in [-0.1, -0.05) is 39.8 Å². The zero-order chi connectivity index (χ0) is 10.1. The van der Waals surface area contributed by atoms with Crippen molar-refractivity contribution < 1.29 is 4.79 Å². The summed E-state index contributed by atoms with van der Waals surface area (Å²) in [6.45, 7) is 10.4. The Hall–Kier alpha value is -0.850. The van der Waals surface area contributed by atoms with Crippen LogP contribution in [0, 0.1) is 11.3 Å². The molecule has 1 nitrogen and oxygen atoms in total. The number of carbonyl (C=O) groups excluding carboxylic acids is 1. The van der Waals surface area contributed by atoms with Gasteiger partial charge in [-0.25, -0.2) is 0 Å². The Balaban J connectivity index is 2.95. The molecule has 0 aromatic heterocycles. The average molecular weight is 178 g/mol. The Bertz CT molecular complexity index is 258. The summed E-state index contributed by atoms with van der Waals surface area (Å²) < 4.78 is 0. The van der Waals surface area contributed by atoms with Gasteiger partial charge < -0.3 is 0 Å². The van der Waals surface area contributed by atoms with E-state index in [4.69, 9.17) is 0 Å². The Labute approximate surface area is 80.5 Å². The van der Waals surface area contributed by atoms with Gasteiger partial charge in [0.25, 0.3) is 0 Å². The molecule has 1 aliphatic carbocycles. The fourth-order valence-electron chi connectivity index (χ4n) is 1.97. The molecule has 1 atom stereocenters. The minimum atomic E-state index is 0.0982. The molecule has 0 aromatic rings. The third-order valence-electron chi connectivity index (χ3n) is 2.88. The molecule has 0 saturated heterocycles. The van der Waals surface area contributed by atoms with Crippen molar-refractivity contribution in [3.8, 4) is 0 Å². The molecule has 0 N–H and O–H groups in total. The molecule has 1 unspecified atom stereocenters. The van der Waals surface area contributed by atoms with Crippen molar-refractivity contribution >= 4 is 5.78 Å². The van der Waals surface area contributed by atoms with Gasteiger partial charge in [0.15, 0.2) is 5.78 Å². The van der Waals surface area contributed by atoms with Crippen LogP contribution in [0.4, 0.5) is 0 Å². The maximum atomic E-state index is 11.4. The maximum Gasteiger partial charge on any atom is 0.181 e. The lowest BCUT2D eigenvalue weighted by Crippen LogP contribution is -2.29. The van der Waals surface area contributed by atoms with Crippen molar-refractivity contribution in [2.75, 3.05) is 0 Å². The van der Waals surface area contributed by atoms with E-state index in [1.165, 1.54) is 0 Å². The average Bonchev–Trinajstić information content (AvgIpc) is 2.07. The second kappa shape index (κ2) is 3.49. The number of hydrogen-bond acceptors (Lipinski definition) is 1. The van der Waals surface area contributed by atoms with Crippen LogP contribution in [0.2, 0.25) is 0 Å². The Kier molecular flexibility index (Phi) is 2.74. The summed E-state index contributed by atoms with van der Waals surface area (Å²) in [7, 11) is 0. The highest BCUT2D eigenvalue weighted by molar-refractivity contribution is 6.05. The third-order valence-corrected chi connectivity index (χ3v) is 2.88. The molecule has 0 saturated carbocycles. The molecule has 72 valence electrons. The largest absolute Gasteiger partial charge is 0.290 e. The normalized spacial score (nSPS) is 26.5. The van der Waals surface area contributed by atoms with Crippen LogP contribution in [0.5, 0.6) is 0 Å². The van der Waals surface area contributed by atoms with Gasteiger partial charge in [-0.15, -0.1) is 0 Å². The predicted molar refractivity (Wildman–Crippen MR) is 55.5 cm³/mol. The monoisotopic (exact) mass is 178 g/mol. The van der Waals surface area contributed by atoms with Gasteiger partial charge >= 0.3 is 0 Å². The van der Waals surface area contributed by atoms with E-state index in [1.807, 2.05) is 6.08 Å². The predicted octanol–water partition coefficient (Wildman–Crippen LogP) is 3.12. The van der Waals surface area contributed by atoms with Gasteiger partial charge in [0, 0.05) is 0 Å². The molecule has 1 aliphatic rings. The summed E-state index contributed by atoms with van der Waals surface area (Å²) in [5, 5.41) is 0. The Morgan fingerprint density at radius 2 is 2.15 bits per heavy atom. The van der Waals surface area contributed by atoms with Gasteiger partial charge in [0.05, 0.1) is 0 Å². The van der Waals surface area contributed by atoms with Crippen LogP contribution >= 0.6 is 0 Å². The van der Waals surface area contributed by atoms with Crippen molar-refractivity contribution in [1.82, 2.24) is 0 Å². The van der Waals surface area contributed by atoms with E-state index < -0.39 is 0 Å². The topological polar surface area (TPSA) is 17.1 Å². The van der Waals surface area contributed by atoms with Crippen LogP contribution in [-0.4, -0.2) is 5.78 Å². The molecule has 0 amide bonds. The lowest BCUT2D eigenvalue weighted by Gasteiger charge is -2.35. The smallest absolute Gasteiger partial charge is 0.181 e. The summed E-state index contributed by atoms with van der Waals surface area (Å²) in [5.74, 6) is 0.438. The van der Waals surface area contributed by atoms with Crippen molar-refractivity contribution in [2.24, 2.45) is 11.3 Å². The van der Waals surface area contributed by atoms with E-state index in [0.717, 1.165) is 18.4 Å². The van der Waals surface area contributed by atoms with Gasteiger partial charge in [0.2, 0.25) is 0 Å². The molecule has 1 heteroatoms. The SMILES string of the molecule is C=C1C(=O)C=CC(C)(C)C1CCC. The highest BCUT2D eigenvalue weighted by Crippen LogP contribution is 2.39. The lowest BCUT2D eigenvalue weighted by molar-refractivity contribution is -0.112. The van der Waals surface area contributed by atoms with E-state index in [9.17, 15) is 4.79 Å². The zero-order valence-electron chi connectivity index (χ0n) is 8.76. The van der Waals surface area contributed by atoms with E-state index in [1.54, 1.807) is 6.08 Å². The van der Waals surface area contributed by atoms with Crippen molar-refractivity contribution in [2.45, 2.75) is 33.6 Å². The zero-order valence-corrected chi connectivity index (χ0v) is 8.76. The molecule has 0 fully saturated rings. The number of rotatable bonds is 2. The van der Waals surface area contributed by atoms with Crippen molar-refractivity contribution in [3.63, 3.8) is 0 Å². The van der Waals surface area contributed by atoms with Crippen molar-refractivity contribution in [1.29, 1.82) is 0 Å². The number of hydrogen-bond donors (Lipinski definition) is 0. The van der Waals surface area contributed by atoms with Crippen LogP contribution in [0.3, 0.4) is 0 Å². The minimum Gasteiger partial charge on any atom is -0.290 e. The summed E-state index contributed by atoms with van der Waals surface area (Å²) in [6, 6.07) is 0. The van der Waals surface area contributed by atoms with Crippen LogP contribution in [-0.2, 0) is 4.79 Å². The quantitative estimate of drug-likeness (QED) is 0.594. The Morgan fingerprint density at radius 3 is 2.69 bits per heavy atom. The highest BCUT2D eigenvalue weighted by Gasteiger charge is 2.33. The van der Waals surface area contributed by atoms with Gasteiger partial charge in [-0.05, 0) is 29.4 Å².